The molecule has 0 aromatic carbocycles. The van der Waals surface area contributed by atoms with Crippen LogP contribution < -0.4 is 0 Å². The van der Waals surface area contributed by atoms with Gasteiger partial charge in [-0.1, -0.05) is 23.8 Å². The highest BCUT2D eigenvalue weighted by atomic mass is 16.4. The van der Waals surface area contributed by atoms with Crippen molar-refractivity contribution in [2.45, 2.75) is 38.5 Å². The van der Waals surface area contributed by atoms with Crippen molar-refractivity contribution in [1.29, 1.82) is 0 Å². The molecule has 0 saturated heterocycles. The van der Waals surface area contributed by atoms with Crippen LogP contribution in [0.5, 0.6) is 0 Å². The van der Waals surface area contributed by atoms with E-state index >= 15 is 0 Å². The van der Waals surface area contributed by atoms with Crippen molar-refractivity contribution in [2.24, 2.45) is 0 Å². The van der Waals surface area contributed by atoms with Gasteiger partial charge in [-0.2, -0.15) is 0 Å². The summed E-state index contributed by atoms with van der Waals surface area (Å²) in [6, 6.07) is 0. The number of hydrogen-bond acceptors (Lipinski definition) is 3. The second-order valence-electron chi connectivity index (χ2n) is 4.12. The van der Waals surface area contributed by atoms with E-state index in [1.807, 2.05) is 18.2 Å². The number of ketones is 2. The minimum absolute atomic E-state index is 0.184. The lowest BCUT2D eigenvalue weighted by Crippen LogP contribution is -2.17. The van der Waals surface area contributed by atoms with E-state index < -0.39 is 18.2 Å². The molecule has 0 heterocycles. The molecule has 1 aliphatic rings. The Morgan fingerprint density at radius 3 is 2.71 bits per heavy atom. The number of Topliss-reactive ketones (excluding diaryl/α,β-unsaturated/α-hetero) is 2. The lowest BCUT2D eigenvalue weighted by atomic mass is 9.98. The monoisotopic (exact) mass is 236 g/mol. The van der Waals surface area contributed by atoms with Crippen LogP contribution in [0.3, 0.4) is 0 Å². The van der Waals surface area contributed by atoms with Crippen LogP contribution in [0.2, 0.25) is 0 Å². The fourth-order valence-electron chi connectivity index (χ4n) is 1.72. The van der Waals surface area contributed by atoms with Gasteiger partial charge in [0.25, 0.3) is 0 Å². The molecule has 0 atom stereocenters. The lowest BCUT2D eigenvalue weighted by Gasteiger charge is -2.07. The van der Waals surface area contributed by atoms with Crippen LogP contribution in [0.4, 0.5) is 0 Å². The number of allylic oxidation sites excluding steroid dienone is 4. The Morgan fingerprint density at radius 2 is 2.00 bits per heavy atom. The molecule has 0 bridgehead atoms. The molecule has 0 aromatic rings. The third kappa shape index (κ3) is 5.24. The third-order valence-corrected chi connectivity index (χ3v) is 2.61. The molecule has 0 radical (unpaired) electrons. The first-order chi connectivity index (χ1) is 8.09. The SMILES string of the molecule is O=C(CC(=O)C(=O)O)C/C1=C/C=C\CCCC1. The molecule has 4 heteroatoms. The summed E-state index contributed by atoms with van der Waals surface area (Å²) in [5, 5.41) is 8.39. The Balaban J connectivity index is 2.49. The highest BCUT2D eigenvalue weighted by Crippen LogP contribution is 2.17. The summed E-state index contributed by atoms with van der Waals surface area (Å²) in [7, 11) is 0. The van der Waals surface area contributed by atoms with Gasteiger partial charge in [0, 0.05) is 6.42 Å². The number of rotatable bonds is 5. The molecule has 92 valence electrons. The highest BCUT2D eigenvalue weighted by molar-refractivity contribution is 6.36. The first-order valence-electron chi connectivity index (χ1n) is 5.72. The fraction of sp³-hybridized carbons (Fsp3) is 0.462. The summed E-state index contributed by atoms with van der Waals surface area (Å²) in [6.45, 7) is 0. The van der Waals surface area contributed by atoms with Crippen LogP contribution in [0.15, 0.2) is 23.8 Å². The molecule has 17 heavy (non-hydrogen) atoms. The number of aliphatic carboxylic acids is 1. The molecule has 0 saturated carbocycles. The Morgan fingerprint density at radius 1 is 1.24 bits per heavy atom. The Bertz CT molecular complexity index is 377. The summed E-state index contributed by atoms with van der Waals surface area (Å²) in [5.41, 5.74) is 0.976. The van der Waals surface area contributed by atoms with Crippen molar-refractivity contribution in [3.63, 3.8) is 0 Å². The van der Waals surface area contributed by atoms with Crippen molar-refractivity contribution in [1.82, 2.24) is 0 Å². The van der Waals surface area contributed by atoms with Gasteiger partial charge in [-0.3, -0.25) is 9.59 Å². The molecule has 0 amide bonds. The standard InChI is InChI=1S/C13H16O4/c14-11(9-12(15)13(16)17)8-10-6-4-2-1-3-5-7-10/h2,4,6H,1,3,5,7-9H2,(H,16,17)/b4-2-,10-6+. The molecule has 1 N–H and O–H groups in total. The smallest absolute Gasteiger partial charge is 0.372 e. The summed E-state index contributed by atoms with van der Waals surface area (Å²) in [4.78, 5) is 32.6. The van der Waals surface area contributed by atoms with Gasteiger partial charge in [0.05, 0.1) is 6.42 Å². The Labute approximate surface area is 100 Å². The first kappa shape index (κ1) is 13.4. The maximum atomic E-state index is 11.5. The topological polar surface area (TPSA) is 71.4 Å². The van der Waals surface area contributed by atoms with Crippen LogP contribution >= 0.6 is 0 Å². The molecule has 0 unspecified atom stereocenters. The zero-order valence-electron chi connectivity index (χ0n) is 9.65. The van der Waals surface area contributed by atoms with Gasteiger partial charge >= 0.3 is 5.97 Å². The van der Waals surface area contributed by atoms with E-state index in [2.05, 4.69) is 0 Å². The van der Waals surface area contributed by atoms with E-state index in [4.69, 9.17) is 5.11 Å². The average Bonchev–Trinajstić information content (AvgIpc) is 2.21. The largest absolute Gasteiger partial charge is 0.475 e. The van der Waals surface area contributed by atoms with Gasteiger partial charge in [0.1, 0.15) is 5.78 Å². The van der Waals surface area contributed by atoms with E-state index in [1.165, 1.54) is 0 Å². The van der Waals surface area contributed by atoms with Gasteiger partial charge in [-0.25, -0.2) is 4.79 Å². The van der Waals surface area contributed by atoms with Gasteiger partial charge in [0.2, 0.25) is 5.78 Å². The maximum Gasteiger partial charge on any atom is 0.372 e. The highest BCUT2D eigenvalue weighted by Gasteiger charge is 2.17. The maximum absolute atomic E-state index is 11.5. The van der Waals surface area contributed by atoms with Crippen molar-refractivity contribution < 1.29 is 19.5 Å². The van der Waals surface area contributed by atoms with E-state index in [1.54, 1.807) is 0 Å². The van der Waals surface area contributed by atoms with Crippen molar-refractivity contribution in [3.05, 3.63) is 23.8 Å². The molecule has 0 aliphatic heterocycles. The van der Waals surface area contributed by atoms with Crippen molar-refractivity contribution in [2.75, 3.05) is 0 Å². The number of hydrogen-bond donors (Lipinski definition) is 1. The molecule has 4 nitrogen and oxygen atoms in total. The quantitative estimate of drug-likeness (QED) is 0.585. The summed E-state index contributed by atoms with van der Waals surface area (Å²) in [5.74, 6) is -2.89. The molecule has 1 rings (SSSR count). The van der Waals surface area contributed by atoms with Crippen LogP contribution in [0.1, 0.15) is 38.5 Å². The third-order valence-electron chi connectivity index (χ3n) is 2.61. The summed E-state index contributed by atoms with van der Waals surface area (Å²) >= 11 is 0. The van der Waals surface area contributed by atoms with Crippen LogP contribution in [0, 0.1) is 0 Å². The number of carboxylic acid groups (broad SMARTS) is 1. The molecule has 0 aromatic heterocycles. The zero-order chi connectivity index (χ0) is 12.7. The minimum Gasteiger partial charge on any atom is -0.475 e. The Kier molecular flexibility index (Phi) is 5.33. The summed E-state index contributed by atoms with van der Waals surface area (Å²) < 4.78 is 0. The Hall–Kier alpha value is -1.71. The predicted molar refractivity (Wildman–Crippen MR) is 62.6 cm³/mol. The summed E-state index contributed by atoms with van der Waals surface area (Å²) in [6.07, 6.45) is 9.55. The van der Waals surface area contributed by atoms with Gasteiger partial charge < -0.3 is 5.11 Å². The lowest BCUT2D eigenvalue weighted by molar-refractivity contribution is -0.150. The van der Waals surface area contributed by atoms with Crippen LogP contribution in [0.25, 0.3) is 0 Å². The number of carbonyl (C=O) groups excluding carboxylic acids is 2. The van der Waals surface area contributed by atoms with E-state index in [-0.39, 0.29) is 12.2 Å². The second-order valence-corrected chi connectivity index (χ2v) is 4.12. The zero-order valence-corrected chi connectivity index (χ0v) is 9.65. The molecule has 0 spiro atoms. The fourth-order valence-corrected chi connectivity index (χ4v) is 1.72. The molecular weight excluding hydrogens is 220 g/mol. The first-order valence-corrected chi connectivity index (χ1v) is 5.72. The van der Waals surface area contributed by atoms with E-state index in [0.717, 1.165) is 31.3 Å². The van der Waals surface area contributed by atoms with Crippen molar-refractivity contribution >= 4 is 17.5 Å². The molecule has 0 fully saturated rings. The molecule has 1 aliphatic carbocycles. The van der Waals surface area contributed by atoms with Gasteiger partial charge in [-0.15, -0.1) is 0 Å². The van der Waals surface area contributed by atoms with Crippen LogP contribution in [-0.4, -0.2) is 22.6 Å². The van der Waals surface area contributed by atoms with Gasteiger partial charge in [0.15, 0.2) is 0 Å². The average molecular weight is 236 g/mol. The predicted octanol–water partition coefficient (Wildman–Crippen LogP) is 2.05. The normalized spacial score (nSPS) is 20.6. The van der Waals surface area contributed by atoms with Crippen LogP contribution in [-0.2, 0) is 14.4 Å². The minimum atomic E-state index is -1.54. The second kappa shape index (κ2) is 6.78. The van der Waals surface area contributed by atoms with E-state index in [9.17, 15) is 14.4 Å². The van der Waals surface area contributed by atoms with E-state index in [0.29, 0.717) is 0 Å². The number of carbonyl (C=O) groups is 3. The number of carboxylic acids is 1. The molecular formula is C13H16O4. The van der Waals surface area contributed by atoms with Gasteiger partial charge in [-0.05, 0) is 25.7 Å². The van der Waals surface area contributed by atoms with Crippen molar-refractivity contribution in [3.8, 4) is 0 Å².